The second-order valence-electron chi connectivity index (χ2n) is 6.44. The Bertz CT molecular complexity index is 674. The summed E-state index contributed by atoms with van der Waals surface area (Å²) in [6, 6.07) is 16.2. The Morgan fingerprint density at radius 1 is 1.12 bits per heavy atom. The van der Waals surface area contributed by atoms with E-state index in [4.69, 9.17) is 9.47 Å². The molecule has 1 heterocycles. The quantitative estimate of drug-likeness (QED) is 0.886. The highest BCUT2D eigenvalue weighted by molar-refractivity contribution is 5.37. The molecule has 2 aromatic carbocycles. The number of hydrogen-bond acceptors (Lipinski definition) is 4. The zero-order valence-corrected chi connectivity index (χ0v) is 14.4. The predicted molar refractivity (Wildman–Crippen MR) is 93.9 cm³/mol. The molecule has 0 unspecified atom stereocenters. The van der Waals surface area contributed by atoms with Gasteiger partial charge in [-0.15, -0.1) is 0 Å². The number of hydrogen-bond donors (Lipinski definition) is 1. The first-order valence-corrected chi connectivity index (χ1v) is 8.29. The number of aliphatic hydroxyl groups is 1. The normalized spacial score (nSPS) is 21.1. The van der Waals surface area contributed by atoms with Crippen LogP contribution in [0.25, 0.3) is 0 Å². The molecular formula is C20H25NO3. The minimum absolute atomic E-state index is 0.533. The van der Waals surface area contributed by atoms with Gasteiger partial charge < -0.3 is 14.6 Å². The molecule has 0 radical (unpaired) electrons. The summed E-state index contributed by atoms with van der Waals surface area (Å²) in [6.45, 7) is 2.89. The van der Waals surface area contributed by atoms with Crippen LogP contribution in [0.2, 0.25) is 0 Å². The number of methoxy groups -OCH3 is 2. The second kappa shape index (κ2) is 7.34. The highest BCUT2D eigenvalue weighted by Gasteiger charge is 2.37. The Morgan fingerprint density at radius 2 is 1.92 bits per heavy atom. The average Bonchev–Trinajstić information content (AvgIpc) is 2.98. The minimum atomic E-state index is -0.747. The van der Waals surface area contributed by atoms with Crippen LogP contribution in [-0.2, 0) is 23.5 Å². The van der Waals surface area contributed by atoms with Crippen molar-refractivity contribution in [2.24, 2.45) is 0 Å². The molecule has 0 saturated carbocycles. The maximum atomic E-state index is 11.0. The van der Waals surface area contributed by atoms with E-state index >= 15 is 0 Å². The van der Waals surface area contributed by atoms with Gasteiger partial charge >= 0.3 is 0 Å². The van der Waals surface area contributed by atoms with E-state index in [1.54, 1.807) is 14.2 Å². The van der Waals surface area contributed by atoms with Crippen LogP contribution in [0.15, 0.2) is 48.5 Å². The highest BCUT2D eigenvalue weighted by atomic mass is 16.5. The second-order valence-corrected chi connectivity index (χ2v) is 6.44. The summed E-state index contributed by atoms with van der Waals surface area (Å²) in [5.74, 6) is 0.850. The third-order valence-electron chi connectivity index (χ3n) is 4.69. The molecule has 0 spiro atoms. The maximum absolute atomic E-state index is 11.0. The van der Waals surface area contributed by atoms with Gasteiger partial charge in [-0.2, -0.15) is 0 Å². The summed E-state index contributed by atoms with van der Waals surface area (Å²) in [6.07, 6.45) is 0.762. The smallest absolute Gasteiger partial charge is 0.124 e. The van der Waals surface area contributed by atoms with Crippen molar-refractivity contribution < 1.29 is 14.6 Å². The number of nitrogens with zero attached hydrogens (tertiary/aromatic N) is 1. The average molecular weight is 327 g/mol. The van der Waals surface area contributed by atoms with Crippen LogP contribution < -0.4 is 4.74 Å². The lowest BCUT2D eigenvalue weighted by molar-refractivity contribution is 0.0453. The molecule has 24 heavy (non-hydrogen) atoms. The number of β-amino-alcohol motifs (C(OH)–C–C–N with tert-alkyl or cyclic N) is 1. The van der Waals surface area contributed by atoms with Crippen LogP contribution in [0.1, 0.15) is 23.1 Å². The number of ether oxygens (including phenoxy) is 2. The topological polar surface area (TPSA) is 41.9 Å². The molecule has 3 rings (SSSR count). The molecule has 0 amide bonds. The summed E-state index contributed by atoms with van der Waals surface area (Å²) >= 11 is 0. The summed E-state index contributed by atoms with van der Waals surface area (Å²) in [5.41, 5.74) is 2.51. The molecule has 4 nitrogen and oxygen atoms in total. The number of rotatable bonds is 6. The van der Waals surface area contributed by atoms with Crippen molar-refractivity contribution >= 4 is 0 Å². The highest BCUT2D eigenvalue weighted by Crippen LogP contribution is 2.33. The fourth-order valence-corrected chi connectivity index (χ4v) is 3.45. The van der Waals surface area contributed by atoms with Crippen molar-refractivity contribution in [3.05, 3.63) is 65.2 Å². The van der Waals surface area contributed by atoms with Crippen molar-refractivity contribution in [3.8, 4) is 5.75 Å². The van der Waals surface area contributed by atoms with Crippen molar-refractivity contribution in [1.82, 2.24) is 4.90 Å². The molecule has 0 aliphatic carbocycles. The van der Waals surface area contributed by atoms with Gasteiger partial charge in [0.15, 0.2) is 0 Å². The van der Waals surface area contributed by atoms with Crippen molar-refractivity contribution in [2.75, 3.05) is 27.3 Å². The molecule has 128 valence electrons. The molecule has 1 aliphatic rings. The van der Waals surface area contributed by atoms with Crippen molar-refractivity contribution in [1.29, 1.82) is 0 Å². The molecule has 1 fully saturated rings. The Kier molecular flexibility index (Phi) is 5.19. The Morgan fingerprint density at radius 3 is 2.62 bits per heavy atom. The van der Waals surface area contributed by atoms with E-state index < -0.39 is 5.60 Å². The number of benzene rings is 2. The van der Waals surface area contributed by atoms with Gasteiger partial charge in [0.1, 0.15) is 11.4 Å². The zero-order valence-electron chi connectivity index (χ0n) is 14.4. The standard InChI is InChI=1S/C20H25NO3/c1-23-14-17-12-16(8-9-19(17)24-2)13-21-11-10-20(22,15-21)18-6-4-3-5-7-18/h3-9,12,22H,10-11,13-15H2,1-2H3/t20-/m1/s1. The first-order chi connectivity index (χ1) is 11.6. The molecule has 0 bridgehead atoms. The summed E-state index contributed by atoms with van der Waals surface area (Å²) in [5, 5.41) is 11.0. The summed E-state index contributed by atoms with van der Waals surface area (Å²) in [4.78, 5) is 2.30. The molecule has 1 aliphatic heterocycles. The Labute approximate surface area is 143 Å². The SMILES string of the molecule is COCc1cc(CN2CC[C@](O)(c3ccccc3)C2)ccc1OC. The lowest BCUT2D eigenvalue weighted by Crippen LogP contribution is -2.30. The predicted octanol–water partition coefficient (Wildman–Crippen LogP) is 2.94. The molecule has 1 saturated heterocycles. The molecule has 2 aromatic rings. The van der Waals surface area contributed by atoms with Gasteiger partial charge in [-0.05, 0) is 29.7 Å². The fourth-order valence-electron chi connectivity index (χ4n) is 3.45. The summed E-state index contributed by atoms with van der Waals surface area (Å²) in [7, 11) is 3.36. The molecule has 1 N–H and O–H groups in total. The van der Waals surface area contributed by atoms with Crippen molar-refractivity contribution in [3.63, 3.8) is 0 Å². The molecule has 0 aromatic heterocycles. The van der Waals surface area contributed by atoms with Gasteiger partial charge in [0.25, 0.3) is 0 Å². The van der Waals surface area contributed by atoms with E-state index in [0.29, 0.717) is 13.2 Å². The fraction of sp³-hybridized carbons (Fsp3) is 0.400. The van der Waals surface area contributed by atoms with Gasteiger partial charge in [-0.1, -0.05) is 36.4 Å². The molecule has 1 atom stereocenters. The molecular weight excluding hydrogens is 302 g/mol. The largest absolute Gasteiger partial charge is 0.496 e. The van der Waals surface area contributed by atoms with E-state index in [9.17, 15) is 5.11 Å². The minimum Gasteiger partial charge on any atom is -0.496 e. The first kappa shape index (κ1) is 17.0. The van der Waals surface area contributed by atoms with Gasteiger partial charge in [-0.25, -0.2) is 0 Å². The summed E-state index contributed by atoms with van der Waals surface area (Å²) < 4.78 is 10.6. The van der Waals surface area contributed by atoms with Crippen LogP contribution in [0.5, 0.6) is 5.75 Å². The van der Waals surface area contributed by atoms with E-state index in [0.717, 1.165) is 36.4 Å². The Hall–Kier alpha value is -1.88. The van der Waals surface area contributed by atoms with Gasteiger partial charge in [0, 0.05) is 32.3 Å². The maximum Gasteiger partial charge on any atom is 0.124 e. The van der Waals surface area contributed by atoms with Crippen molar-refractivity contribution in [2.45, 2.75) is 25.2 Å². The zero-order chi connectivity index (χ0) is 17.0. The monoisotopic (exact) mass is 327 g/mol. The van der Waals surface area contributed by atoms with Crippen LogP contribution in [0.3, 0.4) is 0 Å². The van der Waals surface area contributed by atoms with Crippen LogP contribution >= 0.6 is 0 Å². The van der Waals surface area contributed by atoms with Crippen LogP contribution in [0, 0.1) is 0 Å². The van der Waals surface area contributed by atoms with Gasteiger partial charge in [-0.3, -0.25) is 4.90 Å². The lowest BCUT2D eigenvalue weighted by Gasteiger charge is -2.24. The third-order valence-corrected chi connectivity index (χ3v) is 4.69. The number of likely N-dealkylation sites (tertiary alicyclic amines) is 1. The molecule has 4 heteroatoms. The van der Waals surface area contributed by atoms with E-state index in [2.05, 4.69) is 17.0 Å². The van der Waals surface area contributed by atoms with Gasteiger partial charge in [0.2, 0.25) is 0 Å². The van der Waals surface area contributed by atoms with E-state index in [1.807, 2.05) is 36.4 Å². The lowest BCUT2D eigenvalue weighted by atomic mass is 9.93. The van der Waals surface area contributed by atoms with E-state index in [1.165, 1.54) is 5.56 Å². The van der Waals surface area contributed by atoms with Crippen LogP contribution in [0.4, 0.5) is 0 Å². The third kappa shape index (κ3) is 3.61. The first-order valence-electron chi connectivity index (χ1n) is 8.29. The Balaban J connectivity index is 1.70. The van der Waals surface area contributed by atoms with Gasteiger partial charge in [0.05, 0.1) is 13.7 Å². The van der Waals surface area contributed by atoms with E-state index in [-0.39, 0.29) is 0 Å². The van der Waals surface area contributed by atoms with Crippen LogP contribution in [-0.4, -0.2) is 37.3 Å².